The van der Waals surface area contributed by atoms with E-state index < -0.39 is 5.97 Å². The maximum absolute atomic E-state index is 10.3. The SMILES string of the molecule is O=C(O)/C=C/C=C/c1ccc2c(c1)CCCC2. The predicted octanol–water partition coefficient (Wildman–Crippen LogP) is 3.22. The molecular formula is C15H16O2. The van der Waals surface area contributed by atoms with Crippen LogP contribution in [0.15, 0.2) is 36.4 Å². The molecule has 0 radical (unpaired) electrons. The van der Waals surface area contributed by atoms with Crippen LogP contribution in [-0.4, -0.2) is 11.1 Å². The molecule has 0 saturated carbocycles. The second kappa shape index (κ2) is 5.48. The number of carboxylic acids is 1. The van der Waals surface area contributed by atoms with Crippen molar-refractivity contribution in [1.82, 2.24) is 0 Å². The van der Waals surface area contributed by atoms with E-state index in [0.717, 1.165) is 11.6 Å². The van der Waals surface area contributed by atoms with Gasteiger partial charge >= 0.3 is 5.97 Å². The molecule has 0 spiro atoms. The molecule has 2 rings (SSSR count). The highest BCUT2D eigenvalue weighted by Crippen LogP contribution is 2.22. The van der Waals surface area contributed by atoms with Crippen LogP contribution in [0.3, 0.4) is 0 Å². The molecule has 0 atom stereocenters. The summed E-state index contributed by atoms with van der Waals surface area (Å²) in [5.41, 5.74) is 4.05. The molecule has 0 fully saturated rings. The van der Waals surface area contributed by atoms with Crippen LogP contribution in [0.1, 0.15) is 29.5 Å². The zero-order valence-corrected chi connectivity index (χ0v) is 9.73. The fourth-order valence-electron chi connectivity index (χ4n) is 2.16. The molecule has 17 heavy (non-hydrogen) atoms. The number of hydrogen-bond acceptors (Lipinski definition) is 1. The summed E-state index contributed by atoms with van der Waals surface area (Å²) in [5.74, 6) is -0.917. The van der Waals surface area contributed by atoms with Crippen molar-refractivity contribution in [2.45, 2.75) is 25.7 Å². The molecule has 0 heterocycles. The topological polar surface area (TPSA) is 37.3 Å². The minimum Gasteiger partial charge on any atom is -0.478 e. The van der Waals surface area contributed by atoms with E-state index in [2.05, 4.69) is 18.2 Å². The molecule has 1 N–H and O–H groups in total. The Morgan fingerprint density at radius 2 is 1.88 bits per heavy atom. The zero-order valence-electron chi connectivity index (χ0n) is 9.73. The van der Waals surface area contributed by atoms with E-state index in [0.29, 0.717) is 0 Å². The van der Waals surface area contributed by atoms with E-state index in [-0.39, 0.29) is 0 Å². The van der Waals surface area contributed by atoms with Crippen molar-refractivity contribution in [3.8, 4) is 0 Å². The second-order valence-corrected chi connectivity index (χ2v) is 4.29. The van der Waals surface area contributed by atoms with Gasteiger partial charge in [-0.3, -0.25) is 0 Å². The predicted molar refractivity (Wildman–Crippen MR) is 68.9 cm³/mol. The fraction of sp³-hybridized carbons (Fsp3) is 0.267. The lowest BCUT2D eigenvalue weighted by Gasteiger charge is -2.15. The summed E-state index contributed by atoms with van der Waals surface area (Å²) >= 11 is 0. The van der Waals surface area contributed by atoms with Gasteiger partial charge in [-0.2, -0.15) is 0 Å². The molecule has 1 aromatic carbocycles. The van der Waals surface area contributed by atoms with Crippen molar-refractivity contribution in [3.63, 3.8) is 0 Å². The Labute approximate surface area is 101 Å². The monoisotopic (exact) mass is 228 g/mol. The molecular weight excluding hydrogens is 212 g/mol. The number of allylic oxidation sites excluding steroid dienone is 2. The van der Waals surface area contributed by atoms with E-state index in [1.165, 1.54) is 36.8 Å². The van der Waals surface area contributed by atoms with E-state index in [4.69, 9.17) is 5.11 Å². The standard InChI is InChI=1S/C15H16O2/c16-15(17)8-4-1-5-12-9-10-13-6-2-3-7-14(13)11-12/h1,4-5,8-11H,2-3,6-7H2,(H,16,17)/b5-1+,8-4+. The maximum atomic E-state index is 10.3. The lowest BCUT2D eigenvalue weighted by atomic mass is 9.90. The Morgan fingerprint density at radius 3 is 2.65 bits per heavy atom. The second-order valence-electron chi connectivity index (χ2n) is 4.29. The highest BCUT2D eigenvalue weighted by atomic mass is 16.4. The third kappa shape index (κ3) is 3.31. The molecule has 0 unspecified atom stereocenters. The van der Waals surface area contributed by atoms with Gasteiger partial charge in [-0.15, -0.1) is 0 Å². The molecule has 0 amide bonds. The molecule has 1 aliphatic rings. The molecule has 2 nitrogen and oxygen atoms in total. The maximum Gasteiger partial charge on any atom is 0.328 e. The van der Waals surface area contributed by atoms with Crippen molar-refractivity contribution in [2.75, 3.05) is 0 Å². The first-order valence-electron chi connectivity index (χ1n) is 5.95. The van der Waals surface area contributed by atoms with E-state index in [1.54, 1.807) is 12.2 Å². The summed E-state index contributed by atoms with van der Waals surface area (Å²) in [4.78, 5) is 10.3. The van der Waals surface area contributed by atoms with Crippen molar-refractivity contribution in [1.29, 1.82) is 0 Å². The molecule has 0 saturated heterocycles. The zero-order chi connectivity index (χ0) is 12.1. The number of aryl methyl sites for hydroxylation is 2. The van der Waals surface area contributed by atoms with Gasteiger partial charge in [-0.05, 0) is 42.4 Å². The van der Waals surface area contributed by atoms with Gasteiger partial charge in [-0.25, -0.2) is 4.79 Å². The number of carbonyl (C=O) groups is 1. The third-order valence-electron chi connectivity index (χ3n) is 3.01. The van der Waals surface area contributed by atoms with Gasteiger partial charge in [0.1, 0.15) is 0 Å². The molecule has 0 aliphatic heterocycles. The molecule has 0 aromatic heterocycles. The van der Waals surface area contributed by atoms with E-state index in [1.807, 2.05) is 6.08 Å². The number of benzene rings is 1. The smallest absolute Gasteiger partial charge is 0.328 e. The Bertz CT molecular complexity index is 470. The van der Waals surface area contributed by atoms with E-state index >= 15 is 0 Å². The summed E-state index contributed by atoms with van der Waals surface area (Å²) in [5, 5.41) is 8.45. The molecule has 88 valence electrons. The molecule has 1 aromatic rings. The quantitative estimate of drug-likeness (QED) is 0.637. The molecule has 2 heteroatoms. The van der Waals surface area contributed by atoms with Gasteiger partial charge in [0.2, 0.25) is 0 Å². The van der Waals surface area contributed by atoms with E-state index in [9.17, 15) is 4.79 Å². The van der Waals surface area contributed by atoms with Gasteiger partial charge in [-0.1, -0.05) is 36.4 Å². The van der Waals surface area contributed by atoms with Crippen LogP contribution in [0.25, 0.3) is 6.08 Å². The minimum absolute atomic E-state index is 0.917. The van der Waals surface area contributed by atoms with Crippen LogP contribution in [0, 0.1) is 0 Å². The lowest BCUT2D eigenvalue weighted by molar-refractivity contribution is -0.131. The van der Waals surface area contributed by atoms with Gasteiger partial charge in [0.05, 0.1) is 0 Å². The first-order valence-corrected chi connectivity index (χ1v) is 5.95. The number of hydrogen-bond donors (Lipinski definition) is 1. The van der Waals surface area contributed by atoms with Crippen molar-refractivity contribution >= 4 is 12.0 Å². The lowest BCUT2D eigenvalue weighted by Crippen LogP contribution is -2.02. The summed E-state index contributed by atoms with van der Waals surface area (Å²) in [7, 11) is 0. The number of carboxylic acid groups (broad SMARTS) is 1. The number of fused-ring (bicyclic) bond motifs is 1. The van der Waals surface area contributed by atoms with Crippen LogP contribution < -0.4 is 0 Å². The highest BCUT2D eigenvalue weighted by molar-refractivity contribution is 5.80. The first kappa shape index (κ1) is 11.6. The average molecular weight is 228 g/mol. The van der Waals surface area contributed by atoms with Crippen LogP contribution >= 0.6 is 0 Å². The summed E-state index contributed by atoms with van der Waals surface area (Å²) < 4.78 is 0. The van der Waals surface area contributed by atoms with Crippen molar-refractivity contribution in [3.05, 3.63) is 53.1 Å². The first-order chi connectivity index (χ1) is 8.25. The largest absolute Gasteiger partial charge is 0.478 e. The number of rotatable bonds is 3. The van der Waals surface area contributed by atoms with Gasteiger partial charge < -0.3 is 5.11 Å². The number of aliphatic carboxylic acids is 1. The van der Waals surface area contributed by atoms with Crippen LogP contribution in [0.5, 0.6) is 0 Å². The summed E-state index contributed by atoms with van der Waals surface area (Å²) in [6, 6.07) is 6.49. The summed E-state index contributed by atoms with van der Waals surface area (Å²) in [6.45, 7) is 0. The van der Waals surface area contributed by atoms with Gasteiger partial charge in [0.25, 0.3) is 0 Å². The Morgan fingerprint density at radius 1 is 1.12 bits per heavy atom. The highest BCUT2D eigenvalue weighted by Gasteiger charge is 2.08. The Kier molecular flexibility index (Phi) is 3.76. The van der Waals surface area contributed by atoms with Crippen molar-refractivity contribution < 1.29 is 9.90 Å². The summed E-state index contributed by atoms with van der Waals surface area (Å²) in [6.07, 6.45) is 11.3. The van der Waals surface area contributed by atoms with Crippen LogP contribution in [0.4, 0.5) is 0 Å². The average Bonchev–Trinajstić information content (AvgIpc) is 2.34. The minimum atomic E-state index is -0.917. The fourth-order valence-corrected chi connectivity index (χ4v) is 2.16. The van der Waals surface area contributed by atoms with Gasteiger partial charge in [0, 0.05) is 6.08 Å². The van der Waals surface area contributed by atoms with Crippen LogP contribution in [-0.2, 0) is 17.6 Å². The Hall–Kier alpha value is -1.83. The third-order valence-corrected chi connectivity index (χ3v) is 3.01. The van der Waals surface area contributed by atoms with Crippen molar-refractivity contribution in [2.24, 2.45) is 0 Å². The molecule has 1 aliphatic carbocycles. The Balaban J connectivity index is 2.09. The molecule has 0 bridgehead atoms. The van der Waals surface area contributed by atoms with Gasteiger partial charge in [0.15, 0.2) is 0 Å². The normalized spacial score (nSPS) is 15.3. The van der Waals surface area contributed by atoms with Crippen LogP contribution in [0.2, 0.25) is 0 Å².